The molecule has 2 aromatic rings. The number of fused-ring (bicyclic) bond motifs is 1. The third kappa shape index (κ3) is 3.53. The van der Waals surface area contributed by atoms with Crippen molar-refractivity contribution >= 4 is 39.9 Å². The van der Waals surface area contributed by atoms with Crippen molar-refractivity contribution in [3.63, 3.8) is 0 Å². The van der Waals surface area contributed by atoms with E-state index in [0.29, 0.717) is 5.39 Å². The van der Waals surface area contributed by atoms with Crippen molar-refractivity contribution in [1.82, 2.24) is 5.32 Å². The largest absolute Gasteiger partial charge is 0.508 e. The van der Waals surface area contributed by atoms with Crippen LogP contribution in [0.1, 0.15) is 6.92 Å². The van der Waals surface area contributed by atoms with Gasteiger partial charge in [-0.2, -0.15) is 0 Å². The van der Waals surface area contributed by atoms with Gasteiger partial charge in [0.25, 0.3) is 0 Å². The van der Waals surface area contributed by atoms with Crippen LogP contribution in [0.5, 0.6) is 5.75 Å². The third-order valence-corrected chi connectivity index (χ3v) is 2.46. The van der Waals surface area contributed by atoms with Crippen LogP contribution in [0.2, 0.25) is 0 Å². The number of amides is 1. The molecule has 1 aromatic heterocycles. The average Bonchev–Trinajstić information content (AvgIpc) is 2.29. The highest BCUT2D eigenvalue weighted by Gasteiger charge is 2.08. The summed E-state index contributed by atoms with van der Waals surface area (Å²) in [6.07, 6.45) is 0. The minimum Gasteiger partial charge on any atom is -0.508 e. The quantitative estimate of drug-likeness (QED) is 0.520. The highest BCUT2D eigenvalue weighted by molar-refractivity contribution is 7.80. The highest BCUT2D eigenvalue weighted by Crippen LogP contribution is 2.20. The lowest BCUT2D eigenvalue weighted by atomic mass is 10.2. The zero-order valence-corrected chi connectivity index (χ0v) is 11.2. The Morgan fingerprint density at radius 1 is 1.35 bits per heavy atom. The second-order valence-electron chi connectivity index (χ2n) is 3.80. The molecule has 0 saturated heterocycles. The van der Waals surface area contributed by atoms with E-state index in [1.54, 1.807) is 6.07 Å². The summed E-state index contributed by atoms with van der Waals surface area (Å²) < 4.78 is 5.03. The van der Waals surface area contributed by atoms with Crippen LogP contribution in [0.25, 0.3) is 11.0 Å². The molecule has 0 atom stereocenters. The number of rotatable bonds is 1. The summed E-state index contributed by atoms with van der Waals surface area (Å²) in [5.74, 6) is -0.335. The minimum absolute atomic E-state index is 0. The fraction of sp³-hybridized carbons (Fsp3) is 0.0833. The van der Waals surface area contributed by atoms with E-state index in [-0.39, 0.29) is 33.5 Å². The van der Waals surface area contributed by atoms with Gasteiger partial charge in [-0.15, -0.1) is 0 Å². The first kappa shape index (κ1) is 15.6. The summed E-state index contributed by atoms with van der Waals surface area (Å²) in [5, 5.41) is 14.8. The van der Waals surface area contributed by atoms with E-state index in [9.17, 15) is 14.7 Å². The number of phenols is 1. The Labute approximate surface area is 118 Å². The Kier molecular flexibility index (Phi) is 4.78. The van der Waals surface area contributed by atoms with E-state index in [1.807, 2.05) is 0 Å². The first-order valence-electron chi connectivity index (χ1n) is 5.31. The van der Waals surface area contributed by atoms with E-state index < -0.39 is 5.63 Å². The SMILES string of the molecule is CC(=O)NC(=S)Nc1cc2ccc(O)cc2oc1=O.O. The fourth-order valence-electron chi connectivity index (χ4n) is 1.50. The molecule has 7 nitrogen and oxygen atoms in total. The van der Waals surface area contributed by atoms with E-state index in [2.05, 4.69) is 10.6 Å². The smallest absolute Gasteiger partial charge is 0.360 e. The molecule has 0 fully saturated rings. The molecule has 0 bridgehead atoms. The van der Waals surface area contributed by atoms with Gasteiger partial charge < -0.3 is 25.6 Å². The summed E-state index contributed by atoms with van der Waals surface area (Å²) in [6, 6.07) is 5.93. The Morgan fingerprint density at radius 3 is 2.70 bits per heavy atom. The number of carbonyl (C=O) groups is 1. The van der Waals surface area contributed by atoms with Crippen LogP contribution in [-0.4, -0.2) is 21.6 Å². The molecule has 1 amide bonds. The van der Waals surface area contributed by atoms with Crippen LogP contribution < -0.4 is 16.3 Å². The molecular weight excluding hydrogens is 284 g/mol. The van der Waals surface area contributed by atoms with Gasteiger partial charge in [0.15, 0.2) is 5.11 Å². The molecule has 20 heavy (non-hydrogen) atoms. The van der Waals surface area contributed by atoms with Crippen molar-refractivity contribution in [2.75, 3.05) is 5.32 Å². The standard InChI is InChI=1S/C12H10N2O4S.H2O/c1-6(15)13-12(19)14-9-4-7-2-3-8(16)5-10(7)18-11(9)17;/h2-5,16H,1H3,(H2,13,14,15,19);1H2. The summed E-state index contributed by atoms with van der Waals surface area (Å²) in [7, 11) is 0. The number of hydrogen-bond donors (Lipinski definition) is 3. The first-order valence-corrected chi connectivity index (χ1v) is 5.72. The predicted octanol–water partition coefficient (Wildman–Crippen LogP) is 0.507. The zero-order chi connectivity index (χ0) is 14.0. The van der Waals surface area contributed by atoms with Crippen LogP contribution >= 0.6 is 12.2 Å². The summed E-state index contributed by atoms with van der Waals surface area (Å²) in [6.45, 7) is 1.31. The molecule has 1 heterocycles. The van der Waals surface area contributed by atoms with Gasteiger partial charge in [0.2, 0.25) is 5.91 Å². The predicted molar refractivity (Wildman–Crippen MR) is 77.8 cm³/mol. The lowest BCUT2D eigenvalue weighted by Gasteiger charge is -2.07. The van der Waals surface area contributed by atoms with Crippen LogP contribution in [0, 0.1) is 0 Å². The Balaban J connectivity index is 0.00000200. The van der Waals surface area contributed by atoms with Gasteiger partial charge in [0, 0.05) is 18.4 Å². The van der Waals surface area contributed by atoms with Gasteiger partial charge in [-0.3, -0.25) is 4.79 Å². The van der Waals surface area contributed by atoms with Gasteiger partial charge in [0.1, 0.15) is 17.0 Å². The minimum atomic E-state index is -0.647. The van der Waals surface area contributed by atoms with E-state index in [4.69, 9.17) is 16.6 Å². The Morgan fingerprint density at radius 2 is 2.05 bits per heavy atom. The number of carbonyl (C=O) groups excluding carboxylic acids is 1. The Bertz CT molecular complexity index is 725. The topological polar surface area (TPSA) is 123 Å². The van der Waals surface area contributed by atoms with Gasteiger partial charge in [-0.1, -0.05) is 0 Å². The molecule has 1 aromatic carbocycles. The third-order valence-electron chi connectivity index (χ3n) is 2.26. The second kappa shape index (κ2) is 6.13. The zero-order valence-electron chi connectivity index (χ0n) is 10.4. The maximum absolute atomic E-state index is 11.7. The molecule has 0 aliphatic rings. The lowest BCUT2D eigenvalue weighted by Crippen LogP contribution is -2.33. The summed E-state index contributed by atoms with van der Waals surface area (Å²) in [4.78, 5) is 22.5. The number of nitrogens with one attached hydrogen (secondary N) is 2. The van der Waals surface area contributed by atoms with Crippen molar-refractivity contribution in [3.05, 3.63) is 34.7 Å². The van der Waals surface area contributed by atoms with Crippen LogP contribution in [0.3, 0.4) is 0 Å². The molecule has 8 heteroatoms. The molecule has 0 unspecified atom stereocenters. The van der Waals surface area contributed by atoms with E-state index in [1.165, 1.54) is 25.1 Å². The normalized spacial score (nSPS) is 9.65. The lowest BCUT2D eigenvalue weighted by molar-refractivity contribution is -0.117. The van der Waals surface area contributed by atoms with Crippen molar-refractivity contribution in [2.24, 2.45) is 0 Å². The molecule has 0 spiro atoms. The number of aromatic hydroxyl groups is 1. The van der Waals surface area contributed by atoms with Crippen molar-refractivity contribution in [2.45, 2.75) is 6.92 Å². The van der Waals surface area contributed by atoms with Crippen molar-refractivity contribution in [3.8, 4) is 5.75 Å². The van der Waals surface area contributed by atoms with Crippen LogP contribution in [-0.2, 0) is 4.79 Å². The van der Waals surface area contributed by atoms with Gasteiger partial charge in [-0.25, -0.2) is 4.79 Å². The number of hydrogen-bond acceptors (Lipinski definition) is 5. The van der Waals surface area contributed by atoms with Crippen LogP contribution in [0.4, 0.5) is 5.69 Å². The number of anilines is 1. The van der Waals surface area contributed by atoms with E-state index in [0.717, 1.165) is 0 Å². The molecule has 106 valence electrons. The van der Waals surface area contributed by atoms with Gasteiger partial charge in [0.05, 0.1) is 0 Å². The maximum Gasteiger partial charge on any atom is 0.360 e. The first-order chi connectivity index (χ1) is 8.95. The fourth-order valence-corrected chi connectivity index (χ4v) is 1.75. The average molecular weight is 296 g/mol. The second-order valence-corrected chi connectivity index (χ2v) is 4.21. The number of benzene rings is 1. The summed E-state index contributed by atoms with van der Waals surface area (Å²) in [5.41, 5.74) is -0.274. The Hall–Kier alpha value is -2.45. The monoisotopic (exact) mass is 296 g/mol. The number of thiocarbonyl (C=S) groups is 1. The number of phenolic OH excluding ortho intramolecular Hbond substituents is 1. The molecule has 2 rings (SSSR count). The van der Waals surface area contributed by atoms with Gasteiger partial charge in [-0.05, 0) is 30.4 Å². The molecule has 5 N–H and O–H groups in total. The molecule has 0 aliphatic heterocycles. The molecular formula is C12H12N2O5S. The summed E-state index contributed by atoms with van der Waals surface area (Å²) >= 11 is 4.85. The van der Waals surface area contributed by atoms with E-state index >= 15 is 0 Å². The molecule has 0 aliphatic carbocycles. The van der Waals surface area contributed by atoms with Crippen molar-refractivity contribution in [1.29, 1.82) is 0 Å². The molecule has 0 radical (unpaired) electrons. The van der Waals surface area contributed by atoms with Crippen molar-refractivity contribution < 1.29 is 19.8 Å². The maximum atomic E-state index is 11.7. The molecule has 0 saturated carbocycles. The highest BCUT2D eigenvalue weighted by atomic mass is 32.1. The van der Waals surface area contributed by atoms with Gasteiger partial charge >= 0.3 is 5.63 Å². The van der Waals surface area contributed by atoms with Crippen LogP contribution in [0.15, 0.2) is 33.5 Å².